The zero-order valence-corrected chi connectivity index (χ0v) is 12.9. The fourth-order valence-electron chi connectivity index (χ4n) is 2.61. The molecule has 2 heterocycles. The van der Waals surface area contributed by atoms with E-state index in [2.05, 4.69) is 9.97 Å². The van der Waals surface area contributed by atoms with Crippen molar-refractivity contribution in [1.82, 2.24) is 9.97 Å². The van der Waals surface area contributed by atoms with Crippen molar-refractivity contribution in [2.45, 2.75) is 26.2 Å². The summed E-state index contributed by atoms with van der Waals surface area (Å²) in [6.07, 6.45) is 5.40. The molecule has 21 heavy (non-hydrogen) atoms. The molecule has 0 spiro atoms. The van der Waals surface area contributed by atoms with Crippen molar-refractivity contribution in [2.75, 3.05) is 30.3 Å². The van der Waals surface area contributed by atoms with Gasteiger partial charge >= 0.3 is 0 Å². The number of nitrogens with zero attached hydrogens (tertiary/aromatic N) is 3. The van der Waals surface area contributed by atoms with Gasteiger partial charge in [0.05, 0.1) is 5.75 Å². The van der Waals surface area contributed by atoms with Gasteiger partial charge in [-0.2, -0.15) is 8.42 Å². The Hall–Kier alpha value is -1.25. The third-order valence-electron chi connectivity index (χ3n) is 4.03. The summed E-state index contributed by atoms with van der Waals surface area (Å²) in [5.41, 5.74) is 0.291. The van der Waals surface area contributed by atoms with E-state index >= 15 is 0 Å². The number of aliphatic hydroxyl groups excluding tert-OH is 1. The molecule has 0 aliphatic carbocycles. The molecule has 0 aromatic carbocycles. The summed E-state index contributed by atoms with van der Waals surface area (Å²) in [5, 5.41) is 9.50. The smallest absolute Gasteiger partial charge is 0.265 e. The molecule has 1 fully saturated rings. The monoisotopic (exact) mass is 315 g/mol. The van der Waals surface area contributed by atoms with Crippen LogP contribution >= 0.6 is 0 Å². The SMILES string of the molecule is CCc1cnc(N2CCC(CO)(CS(=O)(=O)O)CC2)nc1. The Kier molecular flexibility index (Phi) is 4.80. The Balaban J connectivity index is 2.04. The zero-order chi connectivity index (χ0) is 15.5. The average Bonchev–Trinajstić information content (AvgIpc) is 2.46. The fraction of sp³-hybridized carbons (Fsp3) is 0.692. The molecule has 8 heteroatoms. The van der Waals surface area contributed by atoms with Gasteiger partial charge in [-0.05, 0) is 24.8 Å². The zero-order valence-electron chi connectivity index (χ0n) is 12.1. The number of aromatic nitrogens is 2. The normalized spacial score (nSPS) is 18.7. The number of anilines is 1. The molecule has 0 amide bonds. The van der Waals surface area contributed by atoms with E-state index in [0.717, 1.165) is 12.0 Å². The highest BCUT2D eigenvalue weighted by atomic mass is 32.2. The van der Waals surface area contributed by atoms with Crippen LogP contribution < -0.4 is 4.90 Å². The molecule has 1 aliphatic rings. The van der Waals surface area contributed by atoms with E-state index in [1.54, 1.807) is 12.4 Å². The second-order valence-electron chi connectivity index (χ2n) is 5.62. The molecule has 118 valence electrons. The van der Waals surface area contributed by atoms with Crippen LogP contribution in [0.4, 0.5) is 5.95 Å². The molecule has 0 unspecified atom stereocenters. The van der Waals surface area contributed by atoms with E-state index < -0.39 is 21.3 Å². The molecule has 1 aliphatic heterocycles. The van der Waals surface area contributed by atoms with Gasteiger partial charge in [-0.1, -0.05) is 6.92 Å². The Bertz CT molecular complexity index is 566. The largest absolute Gasteiger partial charge is 0.396 e. The highest BCUT2D eigenvalue weighted by Gasteiger charge is 2.38. The van der Waals surface area contributed by atoms with Crippen molar-refractivity contribution in [3.63, 3.8) is 0 Å². The van der Waals surface area contributed by atoms with Crippen LogP contribution in [-0.4, -0.2) is 53.5 Å². The summed E-state index contributed by atoms with van der Waals surface area (Å²) in [7, 11) is -4.10. The first-order chi connectivity index (χ1) is 9.87. The Morgan fingerprint density at radius 3 is 2.29 bits per heavy atom. The summed E-state index contributed by atoms with van der Waals surface area (Å²) >= 11 is 0. The van der Waals surface area contributed by atoms with Crippen LogP contribution in [0.1, 0.15) is 25.3 Å². The summed E-state index contributed by atoms with van der Waals surface area (Å²) < 4.78 is 31.2. The fourth-order valence-corrected chi connectivity index (χ4v) is 3.76. The lowest BCUT2D eigenvalue weighted by Crippen LogP contribution is -2.46. The third-order valence-corrected chi connectivity index (χ3v) is 5.01. The number of piperidine rings is 1. The van der Waals surface area contributed by atoms with Crippen molar-refractivity contribution in [1.29, 1.82) is 0 Å². The van der Waals surface area contributed by atoms with Gasteiger partial charge in [0.1, 0.15) is 0 Å². The minimum absolute atomic E-state index is 0.254. The van der Waals surface area contributed by atoms with Gasteiger partial charge < -0.3 is 10.0 Å². The van der Waals surface area contributed by atoms with Crippen LogP contribution in [0, 0.1) is 5.41 Å². The summed E-state index contributed by atoms with van der Waals surface area (Å²) in [6, 6.07) is 0. The van der Waals surface area contributed by atoms with Crippen molar-refractivity contribution in [2.24, 2.45) is 5.41 Å². The first-order valence-corrected chi connectivity index (χ1v) is 8.60. The Morgan fingerprint density at radius 1 is 1.29 bits per heavy atom. The molecule has 0 atom stereocenters. The lowest BCUT2D eigenvalue weighted by atomic mass is 9.81. The van der Waals surface area contributed by atoms with Crippen LogP contribution in [0.3, 0.4) is 0 Å². The standard InChI is InChI=1S/C13H21N3O4S/c1-2-11-7-14-12(15-8-11)16-5-3-13(9-17,4-6-16)10-21(18,19)20/h7-8,17H,2-6,9-10H2,1H3,(H,18,19,20). The highest BCUT2D eigenvalue weighted by molar-refractivity contribution is 7.85. The number of hydrogen-bond donors (Lipinski definition) is 2. The quantitative estimate of drug-likeness (QED) is 0.763. The molecule has 1 aromatic heterocycles. The van der Waals surface area contributed by atoms with Gasteiger partial charge in [0.15, 0.2) is 0 Å². The number of rotatable bonds is 5. The summed E-state index contributed by atoms with van der Waals surface area (Å²) in [6.45, 7) is 2.89. The van der Waals surface area contributed by atoms with Gasteiger partial charge in [0, 0.05) is 37.5 Å². The van der Waals surface area contributed by atoms with Crippen molar-refractivity contribution in [3.8, 4) is 0 Å². The average molecular weight is 315 g/mol. The minimum atomic E-state index is -4.10. The predicted molar refractivity (Wildman–Crippen MR) is 78.8 cm³/mol. The highest BCUT2D eigenvalue weighted by Crippen LogP contribution is 2.33. The predicted octanol–water partition coefficient (Wildman–Crippen LogP) is 0.506. The van der Waals surface area contributed by atoms with E-state index in [-0.39, 0.29) is 6.61 Å². The van der Waals surface area contributed by atoms with E-state index in [9.17, 15) is 13.5 Å². The maximum Gasteiger partial charge on any atom is 0.265 e. The number of hydrogen-bond acceptors (Lipinski definition) is 6. The molecule has 0 saturated carbocycles. The summed E-state index contributed by atoms with van der Waals surface area (Å²) in [5.74, 6) is 0.213. The lowest BCUT2D eigenvalue weighted by molar-refractivity contribution is 0.115. The Labute approximate surface area is 124 Å². The number of aryl methyl sites for hydroxylation is 1. The van der Waals surface area contributed by atoms with Gasteiger partial charge in [0.2, 0.25) is 5.95 Å². The van der Waals surface area contributed by atoms with Crippen molar-refractivity contribution < 1.29 is 18.1 Å². The molecule has 1 aromatic rings. The molecule has 7 nitrogen and oxygen atoms in total. The number of aliphatic hydroxyl groups is 1. The first kappa shape index (κ1) is 16.1. The Morgan fingerprint density at radius 2 is 1.86 bits per heavy atom. The van der Waals surface area contributed by atoms with E-state index in [1.807, 2.05) is 11.8 Å². The van der Waals surface area contributed by atoms with E-state index in [4.69, 9.17) is 4.55 Å². The van der Waals surface area contributed by atoms with Crippen LogP contribution in [-0.2, 0) is 16.5 Å². The van der Waals surface area contributed by atoms with Gasteiger partial charge in [-0.25, -0.2) is 9.97 Å². The van der Waals surface area contributed by atoms with Gasteiger partial charge in [-0.3, -0.25) is 4.55 Å². The molecule has 2 rings (SSSR count). The molecule has 0 bridgehead atoms. The second kappa shape index (κ2) is 6.25. The topological polar surface area (TPSA) is 104 Å². The van der Waals surface area contributed by atoms with E-state index in [0.29, 0.717) is 31.9 Å². The van der Waals surface area contributed by atoms with Crippen LogP contribution in [0.15, 0.2) is 12.4 Å². The van der Waals surface area contributed by atoms with Crippen molar-refractivity contribution in [3.05, 3.63) is 18.0 Å². The lowest BCUT2D eigenvalue weighted by Gasteiger charge is -2.39. The molecule has 0 radical (unpaired) electrons. The molecule has 1 saturated heterocycles. The molecular weight excluding hydrogens is 294 g/mol. The maximum absolute atomic E-state index is 11.1. The molecular formula is C13H21N3O4S. The summed E-state index contributed by atoms with van der Waals surface area (Å²) in [4.78, 5) is 10.6. The maximum atomic E-state index is 11.1. The van der Waals surface area contributed by atoms with E-state index in [1.165, 1.54) is 0 Å². The van der Waals surface area contributed by atoms with Crippen LogP contribution in [0.2, 0.25) is 0 Å². The first-order valence-electron chi connectivity index (χ1n) is 6.99. The van der Waals surface area contributed by atoms with Crippen LogP contribution in [0.25, 0.3) is 0 Å². The second-order valence-corrected chi connectivity index (χ2v) is 7.07. The third kappa shape index (κ3) is 4.12. The van der Waals surface area contributed by atoms with Crippen LogP contribution in [0.5, 0.6) is 0 Å². The van der Waals surface area contributed by atoms with Crippen molar-refractivity contribution >= 4 is 16.1 Å². The minimum Gasteiger partial charge on any atom is -0.396 e. The van der Waals surface area contributed by atoms with Gasteiger partial charge in [-0.15, -0.1) is 0 Å². The van der Waals surface area contributed by atoms with Gasteiger partial charge in [0.25, 0.3) is 10.1 Å². The molecule has 2 N–H and O–H groups in total.